The van der Waals surface area contributed by atoms with E-state index in [0.717, 1.165) is 54.8 Å². The summed E-state index contributed by atoms with van der Waals surface area (Å²) in [4.78, 5) is 10.6. The van der Waals surface area contributed by atoms with E-state index in [9.17, 15) is 5.26 Å². The number of fused-ring (bicyclic) bond motifs is 6. The van der Waals surface area contributed by atoms with E-state index in [2.05, 4.69) is 39.9 Å². The van der Waals surface area contributed by atoms with Gasteiger partial charge in [0, 0.05) is 48.4 Å². The number of benzene rings is 3. The van der Waals surface area contributed by atoms with Crippen molar-refractivity contribution in [2.24, 2.45) is 0 Å². The lowest BCUT2D eigenvalue weighted by molar-refractivity contribution is -0.139. The molecule has 1 atom stereocenters. The predicted molar refractivity (Wildman–Crippen MR) is 157 cm³/mol. The summed E-state index contributed by atoms with van der Waals surface area (Å²) in [7, 11) is 4.89. The van der Waals surface area contributed by atoms with E-state index in [1.807, 2.05) is 43.3 Å². The maximum Gasteiger partial charge on any atom is 0.207 e. The number of aliphatic hydroxyl groups excluding tert-OH is 1. The van der Waals surface area contributed by atoms with Crippen molar-refractivity contribution in [3.05, 3.63) is 82.5 Å². The van der Waals surface area contributed by atoms with Crippen molar-refractivity contribution >= 4 is 10.9 Å². The van der Waals surface area contributed by atoms with Crippen LogP contribution in [0.25, 0.3) is 10.9 Å². The van der Waals surface area contributed by atoms with Gasteiger partial charge in [-0.2, -0.15) is 0 Å². The quantitative estimate of drug-likeness (QED) is 0.205. The molecule has 2 aliphatic heterocycles. The summed E-state index contributed by atoms with van der Waals surface area (Å²) >= 11 is 0. The van der Waals surface area contributed by atoms with Gasteiger partial charge < -0.3 is 29.2 Å². The van der Waals surface area contributed by atoms with Gasteiger partial charge in [0.2, 0.25) is 5.75 Å². The molecule has 214 valence electrons. The molecule has 4 aromatic rings. The fraction of sp³-hybridized carbons (Fsp3) is 0.375. The van der Waals surface area contributed by atoms with Crippen LogP contribution >= 0.6 is 0 Å². The third kappa shape index (κ3) is 6.20. The fourth-order valence-electron chi connectivity index (χ4n) is 5.35. The highest BCUT2D eigenvalue weighted by Gasteiger charge is 2.35. The monoisotopic (exact) mass is 548 g/mol. The highest BCUT2D eigenvalue weighted by molar-refractivity contribution is 5.88. The molecule has 0 fully saturated rings. The Morgan fingerprint density at radius 3 is 2.15 bits per heavy atom. The molecule has 0 aliphatic carbocycles. The van der Waals surface area contributed by atoms with E-state index in [-0.39, 0.29) is 6.04 Å². The van der Waals surface area contributed by atoms with Crippen molar-refractivity contribution in [2.75, 3.05) is 34.5 Å². The van der Waals surface area contributed by atoms with Gasteiger partial charge in [-0.1, -0.05) is 42.8 Å². The van der Waals surface area contributed by atoms with Crippen LogP contribution in [-0.2, 0) is 19.4 Å². The smallest absolute Gasteiger partial charge is 0.207 e. The largest absolute Gasteiger partial charge is 0.493 e. The Labute approximate surface area is 236 Å². The van der Waals surface area contributed by atoms with Crippen LogP contribution in [0.2, 0.25) is 0 Å². The Morgan fingerprint density at radius 2 is 1.57 bits per heavy atom. The zero-order chi connectivity index (χ0) is 28.6. The second-order valence-electron chi connectivity index (χ2n) is 9.95. The van der Waals surface area contributed by atoms with Crippen molar-refractivity contribution in [3.63, 3.8) is 0 Å². The van der Waals surface area contributed by atoms with Crippen molar-refractivity contribution in [2.45, 2.75) is 45.7 Å². The summed E-state index contributed by atoms with van der Waals surface area (Å²) in [5.41, 5.74) is 7.34. The Morgan fingerprint density at radius 1 is 0.925 bits per heavy atom. The Kier molecular flexibility index (Phi) is 9.93. The zero-order valence-corrected chi connectivity index (χ0v) is 24.0. The number of hydrogen-bond acceptors (Lipinski definition) is 7. The predicted octanol–water partition coefficient (Wildman–Crippen LogP) is 6.08. The maximum absolute atomic E-state index is 9.30. The van der Waals surface area contributed by atoms with Gasteiger partial charge in [-0.25, -0.2) is 5.26 Å². The Balaban J connectivity index is 0.000000283. The highest BCUT2D eigenvalue weighted by Crippen LogP contribution is 2.45. The third-order valence-corrected chi connectivity index (χ3v) is 7.41. The summed E-state index contributed by atoms with van der Waals surface area (Å²) in [5.74, 6) is 2.36. The second kappa shape index (κ2) is 13.6. The molecule has 8 heteroatoms. The van der Waals surface area contributed by atoms with E-state index in [1.54, 1.807) is 21.3 Å². The average Bonchev–Trinajstić information content (AvgIpc) is 3.35. The summed E-state index contributed by atoms with van der Waals surface area (Å²) in [5, 5.41) is 18.3. The molecule has 0 bridgehead atoms. The molecule has 3 N–H and O–H groups in total. The molecule has 6 rings (SSSR count). The van der Waals surface area contributed by atoms with Crippen LogP contribution in [-0.4, -0.2) is 54.7 Å². The standard InChI is InChI=1S/C22H24N2O5.C7H8.C3H8O/c1-26-19-6-12-4-5-24-11-17-14(7-18(24)13(12)8-22(19)29-25)15-9-20(27-2)21(28-3)10-16(15)23-17;1-7-5-3-2-4-6-7;1-2-3-4/h6,8-10,18,23,25H,4-5,7,11H2,1-3H3;2-6H,1H3;4H,2-3H2,1H3. The van der Waals surface area contributed by atoms with Gasteiger partial charge in [0.1, 0.15) is 0 Å². The topological polar surface area (TPSA) is 96.4 Å². The number of aromatic nitrogens is 1. The molecule has 3 aromatic carbocycles. The number of nitrogens with one attached hydrogen (secondary N) is 1. The number of H-pyrrole nitrogens is 1. The number of aromatic amines is 1. The molecule has 0 radical (unpaired) electrons. The zero-order valence-electron chi connectivity index (χ0n) is 24.0. The lowest BCUT2D eigenvalue weighted by Crippen LogP contribution is -2.39. The summed E-state index contributed by atoms with van der Waals surface area (Å²) < 4.78 is 16.3. The molecule has 1 aromatic heterocycles. The maximum atomic E-state index is 9.30. The second-order valence-corrected chi connectivity index (χ2v) is 9.95. The Bertz CT molecular complexity index is 1400. The van der Waals surface area contributed by atoms with E-state index in [4.69, 9.17) is 19.3 Å². The van der Waals surface area contributed by atoms with E-state index >= 15 is 0 Å². The number of ether oxygens (including phenoxy) is 3. The van der Waals surface area contributed by atoms with Gasteiger partial charge in [-0.3, -0.25) is 4.90 Å². The van der Waals surface area contributed by atoms with Crippen LogP contribution in [0, 0.1) is 6.92 Å². The van der Waals surface area contributed by atoms with Crippen LogP contribution in [0.15, 0.2) is 54.6 Å². The van der Waals surface area contributed by atoms with Gasteiger partial charge in [0.05, 0.1) is 21.3 Å². The molecule has 2 aliphatic rings. The van der Waals surface area contributed by atoms with Crippen LogP contribution in [0.4, 0.5) is 0 Å². The number of methoxy groups -OCH3 is 3. The molecule has 40 heavy (non-hydrogen) atoms. The van der Waals surface area contributed by atoms with Crippen LogP contribution in [0.3, 0.4) is 0 Å². The molecule has 0 saturated carbocycles. The number of nitrogens with zero attached hydrogens (tertiary/aromatic N) is 1. The molecule has 8 nitrogen and oxygen atoms in total. The number of aryl methyl sites for hydroxylation is 1. The SMILES string of the molecule is CCCO.COc1cc2[nH]c3c(c2cc1OC)CC1c2cc(OO)c(OC)cc2CCN1C3.Cc1ccccc1. The third-order valence-electron chi connectivity index (χ3n) is 7.41. The summed E-state index contributed by atoms with van der Waals surface area (Å²) in [6, 6.07) is 18.4. The number of rotatable bonds is 5. The lowest BCUT2D eigenvalue weighted by Gasteiger charge is -2.40. The molecule has 1 unspecified atom stereocenters. The first kappa shape index (κ1) is 29.3. The van der Waals surface area contributed by atoms with Crippen molar-refractivity contribution < 1.29 is 29.5 Å². The first-order chi connectivity index (χ1) is 19.5. The van der Waals surface area contributed by atoms with Crippen LogP contribution < -0.4 is 19.1 Å². The van der Waals surface area contributed by atoms with Gasteiger partial charge in [0.15, 0.2) is 17.2 Å². The first-order valence-corrected chi connectivity index (χ1v) is 13.6. The minimum absolute atomic E-state index is 0.221. The van der Waals surface area contributed by atoms with Crippen LogP contribution in [0.5, 0.6) is 23.0 Å². The minimum Gasteiger partial charge on any atom is -0.493 e. The van der Waals surface area contributed by atoms with Crippen molar-refractivity contribution in [1.82, 2.24) is 9.88 Å². The van der Waals surface area contributed by atoms with Gasteiger partial charge >= 0.3 is 0 Å². The molecule has 0 saturated heterocycles. The Hall–Kier alpha value is -3.72. The molecule has 0 amide bonds. The van der Waals surface area contributed by atoms with Crippen molar-refractivity contribution in [1.29, 1.82) is 0 Å². The number of hydrogen-bond donors (Lipinski definition) is 3. The van der Waals surface area contributed by atoms with Gasteiger partial charge in [0.25, 0.3) is 0 Å². The normalized spacial score (nSPS) is 15.3. The number of aliphatic hydroxyl groups is 1. The average molecular weight is 549 g/mol. The molecular formula is C32H40N2O6. The van der Waals surface area contributed by atoms with E-state index in [0.29, 0.717) is 18.1 Å². The van der Waals surface area contributed by atoms with Crippen molar-refractivity contribution in [3.8, 4) is 23.0 Å². The van der Waals surface area contributed by atoms with Crippen LogP contribution in [0.1, 0.15) is 47.3 Å². The minimum atomic E-state index is 0.221. The molecular weight excluding hydrogens is 508 g/mol. The summed E-state index contributed by atoms with van der Waals surface area (Å²) in [6.45, 7) is 6.15. The first-order valence-electron chi connectivity index (χ1n) is 13.6. The van der Waals surface area contributed by atoms with E-state index in [1.165, 1.54) is 27.9 Å². The fourth-order valence-corrected chi connectivity index (χ4v) is 5.35. The van der Waals surface area contributed by atoms with E-state index < -0.39 is 0 Å². The highest BCUT2D eigenvalue weighted by atomic mass is 17.1. The molecule has 3 heterocycles. The summed E-state index contributed by atoms with van der Waals surface area (Å²) in [6.07, 6.45) is 2.68. The molecule has 0 spiro atoms. The lowest BCUT2D eigenvalue weighted by atomic mass is 9.85. The van der Waals surface area contributed by atoms with Gasteiger partial charge in [-0.15, -0.1) is 0 Å². The van der Waals surface area contributed by atoms with Gasteiger partial charge in [-0.05, 0) is 61.1 Å².